The maximum atomic E-state index is 11.6. The fraction of sp³-hybridized carbons (Fsp3) is 0.917. The first kappa shape index (κ1) is 18.3. The number of ether oxygens (including phenoxy) is 3. The van der Waals surface area contributed by atoms with Crippen LogP contribution in [0.15, 0.2) is 0 Å². The van der Waals surface area contributed by atoms with Crippen LogP contribution >= 0.6 is 0 Å². The van der Waals surface area contributed by atoms with Gasteiger partial charge in [0.2, 0.25) is 5.91 Å². The number of amides is 1. The molecule has 0 spiro atoms. The van der Waals surface area contributed by atoms with Crippen molar-refractivity contribution in [1.29, 1.82) is 0 Å². The molecular formula is C12H25NO6. The van der Waals surface area contributed by atoms with Crippen LogP contribution < -0.4 is 0 Å². The molecule has 0 rings (SSSR count). The predicted octanol–water partition coefficient (Wildman–Crippen LogP) is -0.786. The normalized spacial score (nSPS) is 14.2. The quantitative estimate of drug-likeness (QED) is 0.381. The Hall–Kier alpha value is -0.730. The second kappa shape index (κ2) is 11.1. The largest absolute Gasteiger partial charge is 0.394 e. The number of nitrogens with zero attached hydrogens (tertiary/aromatic N) is 1. The Morgan fingerprint density at radius 3 is 2.42 bits per heavy atom. The summed E-state index contributed by atoms with van der Waals surface area (Å²) < 4.78 is 15.4. The first-order valence-electron chi connectivity index (χ1n) is 6.22. The van der Waals surface area contributed by atoms with Crippen molar-refractivity contribution < 1.29 is 29.2 Å². The summed E-state index contributed by atoms with van der Waals surface area (Å²) in [6, 6.07) is 0. The van der Waals surface area contributed by atoms with Crippen LogP contribution in [0.25, 0.3) is 0 Å². The highest BCUT2D eigenvalue weighted by Gasteiger charge is 2.22. The molecular weight excluding hydrogens is 254 g/mol. The van der Waals surface area contributed by atoms with E-state index in [9.17, 15) is 9.90 Å². The van der Waals surface area contributed by atoms with Crippen LogP contribution in [0.2, 0.25) is 0 Å². The summed E-state index contributed by atoms with van der Waals surface area (Å²) in [5, 5.41) is 18.0. The number of aliphatic hydroxyl groups is 2. The van der Waals surface area contributed by atoms with E-state index in [1.165, 1.54) is 18.9 Å². The Bertz CT molecular complexity index is 238. The Balaban J connectivity index is 4.43. The number of hydrogen-bond donors (Lipinski definition) is 2. The third-order valence-electron chi connectivity index (χ3n) is 2.50. The number of methoxy groups -OCH3 is 2. The van der Waals surface area contributed by atoms with E-state index < -0.39 is 12.3 Å². The molecule has 0 aliphatic carbocycles. The lowest BCUT2D eigenvalue weighted by molar-refractivity contribution is -0.156. The monoisotopic (exact) mass is 279 g/mol. The molecule has 0 aromatic heterocycles. The average molecular weight is 279 g/mol. The van der Waals surface area contributed by atoms with Crippen LogP contribution in [0.5, 0.6) is 0 Å². The highest BCUT2D eigenvalue weighted by molar-refractivity contribution is 5.73. The van der Waals surface area contributed by atoms with Gasteiger partial charge in [0.25, 0.3) is 0 Å². The second-order valence-corrected chi connectivity index (χ2v) is 4.14. The van der Waals surface area contributed by atoms with Crippen molar-refractivity contribution in [1.82, 2.24) is 4.90 Å². The first-order valence-corrected chi connectivity index (χ1v) is 6.22. The van der Waals surface area contributed by atoms with Gasteiger partial charge in [0.15, 0.2) is 6.23 Å². The van der Waals surface area contributed by atoms with Crippen LogP contribution in [0.1, 0.15) is 13.3 Å². The van der Waals surface area contributed by atoms with Gasteiger partial charge < -0.3 is 29.3 Å². The standard InChI is InChI=1S/C12H25NO6/c1-10(15)13(5-4-6-17-2)12(9-18-3)19-8-11(16)7-14/h11-12,14,16H,4-9H2,1-3H3. The summed E-state index contributed by atoms with van der Waals surface area (Å²) in [7, 11) is 3.10. The van der Waals surface area contributed by atoms with E-state index in [0.717, 1.165) is 0 Å². The second-order valence-electron chi connectivity index (χ2n) is 4.14. The van der Waals surface area contributed by atoms with Gasteiger partial charge in [0.05, 0.1) is 19.8 Å². The minimum Gasteiger partial charge on any atom is -0.394 e. The molecule has 2 unspecified atom stereocenters. The molecule has 7 nitrogen and oxygen atoms in total. The van der Waals surface area contributed by atoms with E-state index in [2.05, 4.69) is 0 Å². The SMILES string of the molecule is COCCCN(C(C)=O)C(COC)OCC(O)CO. The van der Waals surface area contributed by atoms with E-state index in [4.69, 9.17) is 19.3 Å². The minimum absolute atomic E-state index is 0.0570. The highest BCUT2D eigenvalue weighted by Crippen LogP contribution is 2.06. The zero-order valence-electron chi connectivity index (χ0n) is 11.9. The fourth-order valence-electron chi connectivity index (χ4n) is 1.53. The molecule has 1 amide bonds. The van der Waals surface area contributed by atoms with E-state index in [1.807, 2.05) is 0 Å². The first-order chi connectivity index (χ1) is 9.06. The van der Waals surface area contributed by atoms with Crippen LogP contribution in [0, 0.1) is 0 Å². The van der Waals surface area contributed by atoms with Gasteiger partial charge in [-0.2, -0.15) is 0 Å². The van der Waals surface area contributed by atoms with Crippen molar-refractivity contribution in [3.8, 4) is 0 Å². The zero-order chi connectivity index (χ0) is 14.7. The Morgan fingerprint density at radius 1 is 1.26 bits per heavy atom. The topological polar surface area (TPSA) is 88.5 Å². The molecule has 0 aromatic rings. The van der Waals surface area contributed by atoms with Gasteiger partial charge in [-0.15, -0.1) is 0 Å². The summed E-state index contributed by atoms with van der Waals surface area (Å²) in [5.74, 6) is -0.142. The molecule has 0 heterocycles. The van der Waals surface area contributed by atoms with E-state index in [1.54, 1.807) is 7.11 Å². The summed E-state index contributed by atoms with van der Waals surface area (Å²) in [6.45, 7) is 2.23. The maximum Gasteiger partial charge on any atom is 0.221 e. The van der Waals surface area contributed by atoms with Crippen LogP contribution in [-0.2, 0) is 19.0 Å². The minimum atomic E-state index is -0.966. The van der Waals surface area contributed by atoms with Gasteiger partial charge in [-0.3, -0.25) is 4.79 Å². The molecule has 0 aliphatic heterocycles. The van der Waals surface area contributed by atoms with Crippen molar-refractivity contribution in [3.05, 3.63) is 0 Å². The lowest BCUT2D eigenvalue weighted by Crippen LogP contribution is -2.45. The molecule has 0 radical (unpaired) electrons. The van der Waals surface area contributed by atoms with Gasteiger partial charge in [-0.1, -0.05) is 0 Å². The Morgan fingerprint density at radius 2 is 1.95 bits per heavy atom. The number of hydrogen-bond acceptors (Lipinski definition) is 6. The van der Waals surface area contributed by atoms with E-state index in [-0.39, 0.29) is 25.7 Å². The summed E-state index contributed by atoms with van der Waals surface area (Å²) in [6.07, 6.45) is -0.866. The molecule has 0 saturated heterocycles. The van der Waals surface area contributed by atoms with Crippen LogP contribution in [0.3, 0.4) is 0 Å². The van der Waals surface area contributed by atoms with E-state index >= 15 is 0 Å². The number of rotatable bonds is 11. The summed E-state index contributed by atoms with van der Waals surface area (Å²) in [5.41, 5.74) is 0. The molecule has 7 heteroatoms. The van der Waals surface area contributed by atoms with Crippen molar-refractivity contribution >= 4 is 5.91 Å². The van der Waals surface area contributed by atoms with Gasteiger partial charge in [0.1, 0.15) is 6.10 Å². The lowest BCUT2D eigenvalue weighted by Gasteiger charge is -2.30. The average Bonchev–Trinajstić information content (AvgIpc) is 2.39. The Kier molecular flexibility index (Phi) is 10.7. The highest BCUT2D eigenvalue weighted by atomic mass is 16.5. The predicted molar refractivity (Wildman–Crippen MR) is 68.6 cm³/mol. The summed E-state index contributed by atoms with van der Waals surface area (Å²) in [4.78, 5) is 13.1. The lowest BCUT2D eigenvalue weighted by atomic mass is 10.3. The van der Waals surface area contributed by atoms with Crippen molar-refractivity contribution in [2.75, 3.05) is 47.2 Å². The number of aliphatic hydroxyl groups excluding tert-OH is 2. The maximum absolute atomic E-state index is 11.6. The number of carbonyl (C=O) groups is 1. The van der Waals surface area contributed by atoms with Gasteiger partial charge in [-0.05, 0) is 6.42 Å². The van der Waals surface area contributed by atoms with Crippen LogP contribution in [0.4, 0.5) is 0 Å². The molecule has 2 N–H and O–H groups in total. The van der Waals surface area contributed by atoms with Crippen LogP contribution in [-0.4, -0.2) is 80.5 Å². The number of carbonyl (C=O) groups excluding carboxylic acids is 1. The smallest absolute Gasteiger partial charge is 0.221 e. The van der Waals surface area contributed by atoms with Gasteiger partial charge in [0, 0.05) is 34.3 Å². The van der Waals surface area contributed by atoms with Gasteiger partial charge in [-0.25, -0.2) is 0 Å². The summed E-state index contributed by atoms with van der Waals surface area (Å²) >= 11 is 0. The third kappa shape index (κ3) is 8.12. The van der Waals surface area contributed by atoms with Crippen molar-refractivity contribution in [3.63, 3.8) is 0 Å². The Labute approximate surface area is 114 Å². The molecule has 19 heavy (non-hydrogen) atoms. The molecule has 0 aliphatic rings. The molecule has 0 aromatic carbocycles. The molecule has 2 atom stereocenters. The molecule has 0 bridgehead atoms. The fourth-order valence-corrected chi connectivity index (χ4v) is 1.53. The third-order valence-corrected chi connectivity index (χ3v) is 2.50. The van der Waals surface area contributed by atoms with Crippen molar-refractivity contribution in [2.24, 2.45) is 0 Å². The van der Waals surface area contributed by atoms with Gasteiger partial charge >= 0.3 is 0 Å². The van der Waals surface area contributed by atoms with Crippen molar-refractivity contribution in [2.45, 2.75) is 25.7 Å². The van der Waals surface area contributed by atoms with E-state index in [0.29, 0.717) is 19.6 Å². The molecule has 114 valence electrons. The zero-order valence-corrected chi connectivity index (χ0v) is 11.9. The molecule has 0 saturated carbocycles. The molecule has 0 fully saturated rings.